The molecule has 0 saturated carbocycles. The summed E-state index contributed by atoms with van der Waals surface area (Å²) in [6.07, 6.45) is 0.933. The summed E-state index contributed by atoms with van der Waals surface area (Å²) >= 11 is 0. The molecule has 0 fully saturated rings. The molecule has 0 unspecified atom stereocenters. The standard InChI is InChI=1S/C11H14N2O/c1-2-10-9(6-12)8-5-7(14)3-4-11(8)13-10/h3-5,13-14H,2,6,12H2,1H3. The molecule has 4 N–H and O–H groups in total. The normalized spacial score (nSPS) is 11.0. The minimum atomic E-state index is 0.286. The third-order valence-corrected chi connectivity index (χ3v) is 2.54. The molecule has 1 heterocycles. The van der Waals surface area contributed by atoms with Gasteiger partial charge in [-0.25, -0.2) is 0 Å². The van der Waals surface area contributed by atoms with Gasteiger partial charge < -0.3 is 15.8 Å². The van der Waals surface area contributed by atoms with Crippen molar-refractivity contribution < 1.29 is 5.11 Å². The van der Waals surface area contributed by atoms with Crippen LogP contribution in [0.1, 0.15) is 18.2 Å². The van der Waals surface area contributed by atoms with E-state index in [1.165, 1.54) is 0 Å². The van der Waals surface area contributed by atoms with Gasteiger partial charge in [0.1, 0.15) is 5.75 Å². The van der Waals surface area contributed by atoms with Gasteiger partial charge in [0.2, 0.25) is 0 Å². The quantitative estimate of drug-likeness (QED) is 0.677. The Labute approximate surface area is 82.6 Å². The van der Waals surface area contributed by atoms with Gasteiger partial charge in [0.25, 0.3) is 0 Å². The monoisotopic (exact) mass is 190 g/mol. The Balaban J connectivity index is 2.74. The molecule has 1 aromatic heterocycles. The summed E-state index contributed by atoms with van der Waals surface area (Å²) in [7, 11) is 0. The van der Waals surface area contributed by atoms with Crippen LogP contribution in [0, 0.1) is 0 Å². The highest BCUT2D eigenvalue weighted by molar-refractivity contribution is 5.85. The molecule has 0 bridgehead atoms. The van der Waals surface area contributed by atoms with Crippen molar-refractivity contribution in [2.24, 2.45) is 5.73 Å². The van der Waals surface area contributed by atoms with Crippen LogP contribution in [0.4, 0.5) is 0 Å². The van der Waals surface area contributed by atoms with Gasteiger partial charge in [0.05, 0.1) is 0 Å². The predicted molar refractivity (Wildman–Crippen MR) is 57.2 cm³/mol. The van der Waals surface area contributed by atoms with Gasteiger partial charge in [-0.15, -0.1) is 0 Å². The van der Waals surface area contributed by atoms with Crippen molar-refractivity contribution in [3.63, 3.8) is 0 Å². The molecule has 0 amide bonds. The first kappa shape index (κ1) is 9.09. The van der Waals surface area contributed by atoms with Crippen molar-refractivity contribution in [2.75, 3.05) is 0 Å². The summed E-state index contributed by atoms with van der Waals surface area (Å²) in [5.74, 6) is 0.286. The molecule has 1 aromatic carbocycles. The van der Waals surface area contributed by atoms with Gasteiger partial charge in [-0.05, 0) is 30.2 Å². The number of hydrogen-bond acceptors (Lipinski definition) is 2. The number of aryl methyl sites for hydroxylation is 1. The minimum absolute atomic E-state index is 0.286. The zero-order valence-electron chi connectivity index (χ0n) is 8.17. The molecule has 0 aliphatic carbocycles. The molecule has 3 nitrogen and oxygen atoms in total. The Morgan fingerprint density at radius 1 is 1.43 bits per heavy atom. The number of aromatic hydroxyl groups is 1. The first-order valence-electron chi connectivity index (χ1n) is 4.78. The fourth-order valence-corrected chi connectivity index (χ4v) is 1.83. The molecule has 0 aliphatic rings. The fraction of sp³-hybridized carbons (Fsp3) is 0.273. The van der Waals surface area contributed by atoms with Crippen LogP contribution < -0.4 is 5.73 Å². The number of rotatable bonds is 2. The van der Waals surface area contributed by atoms with Crippen molar-refractivity contribution >= 4 is 10.9 Å². The number of benzene rings is 1. The molecule has 2 rings (SSSR count). The number of phenolic OH excluding ortho intramolecular Hbond substituents is 1. The van der Waals surface area contributed by atoms with Gasteiger partial charge in [0, 0.05) is 23.1 Å². The molecule has 0 aliphatic heterocycles. The predicted octanol–water partition coefficient (Wildman–Crippen LogP) is 1.89. The summed E-state index contributed by atoms with van der Waals surface area (Å²) < 4.78 is 0. The second-order valence-electron chi connectivity index (χ2n) is 3.37. The number of H-pyrrole nitrogens is 1. The summed E-state index contributed by atoms with van der Waals surface area (Å²) in [4.78, 5) is 3.30. The highest BCUT2D eigenvalue weighted by Gasteiger charge is 2.08. The third-order valence-electron chi connectivity index (χ3n) is 2.54. The Hall–Kier alpha value is -1.48. The maximum atomic E-state index is 9.38. The van der Waals surface area contributed by atoms with E-state index < -0.39 is 0 Å². The van der Waals surface area contributed by atoms with Crippen LogP contribution in [0.15, 0.2) is 18.2 Å². The number of nitrogens with two attached hydrogens (primary N) is 1. The van der Waals surface area contributed by atoms with Gasteiger partial charge in [-0.3, -0.25) is 0 Å². The number of aromatic amines is 1. The van der Waals surface area contributed by atoms with Gasteiger partial charge >= 0.3 is 0 Å². The van der Waals surface area contributed by atoms with Crippen LogP contribution in [-0.2, 0) is 13.0 Å². The Morgan fingerprint density at radius 3 is 2.86 bits per heavy atom. The van der Waals surface area contributed by atoms with Crippen molar-refractivity contribution in [1.82, 2.24) is 4.98 Å². The highest BCUT2D eigenvalue weighted by Crippen LogP contribution is 2.25. The molecule has 0 spiro atoms. The van der Waals surface area contributed by atoms with Gasteiger partial charge in [-0.1, -0.05) is 6.92 Å². The first-order valence-corrected chi connectivity index (χ1v) is 4.78. The second-order valence-corrected chi connectivity index (χ2v) is 3.37. The smallest absolute Gasteiger partial charge is 0.116 e. The first-order chi connectivity index (χ1) is 6.76. The van der Waals surface area contributed by atoms with Crippen LogP contribution in [0.3, 0.4) is 0 Å². The SMILES string of the molecule is CCc1[nH]c2ccc(O)cc2c1CN. The zero-order chi connectivity index (χ0) is 10.1. The van der Waals surface area contributed by atoms with E-state index in [9.17, 15) is 5.11 Å². The van der Waals surface area contributed by atoms with Crippen LogP contribution in [0.5, 0.6) is 5.75 Å². The topological polar surface area (TPSA) is 62.0 Å². The van der Waals surface area contributed by atoms with E-state index >= 15 is 0 Å². The van der Waals surface area contributed by atoms with Crippen LogP contribution >= 0.6 is 0 Å². The number of fused-ring (bicyclic) bond motifs is 1. The van der Waals surface area contributed by atoms with Crippen molar-refractivity contribution in [3.8, 4) is 5.75 Å². The Kier molecular flexibility index (Phi) is 2.17. The van der Waals surface area contributed by atoms with E-state index in [1.54, 1.807) is 12.1 Å². The van der Waals surface area contributed by atoms with Crippen LogP contribution in [0.2, 0.25) is 0 Å². The lowest BCUT2D eigenvalue weighted by Gasteiger charge is -1.97. The molecule has 14 heavy (non-hydrogen) atoms. The molecule has 3 heteroatoms. The molecular weight excluding hydrogens is 176 g/mol. The summed E-state index contributed by atoms with van der Waals surface area (Å²) in [5.41, 5.74) is 9.00. The Morgan fingerprint density at radius 2 is 2.21 bits per heavy atom. The summed E-state index contributed by atoms with van der Waals surface area (Å²) in [6, 6.07) is 5.31. The van der Waals surface area contributed by atoms with E-state index in [2.05, 4.69) is 11.9 Å². The Bertz CT molecular complexity index is 460. The van der Waals surface area contributed by atoms with E-state index in [0.717, 1.165) is 28.6 Å². The van der Waals surface area contributed by atoms with Gasteiger partial charge in [-0.2, -0.15) is 0 Å². The molecule has 2 aromatic rings. The van der Waals surface area contributed by atoms with Crippen molar-refractivity contribution in [3.05, 3.63) is 29.5 Å². The summed E-state index contributed by atoms with van der Waals surface area (Å²) in [6.45, 7) is 2.59. The lowest BCUT2D eigenvalue weighted by atomic mass is 10.1. The van der Waals surface area contributed by atoms with Crippen LogP contribution in [0.25, 0.3) is 10.9 Å². The fourth-order valence-electron chi connectivity index (χ4n) is 1.83. The average Bonchev–Trinajstić information content (AvgIpc) is 2.54. The van der Waals surface area contributed by atoms with Crippen LogP contribution in [-0.4, -0.2) is 10.1 Å². The molecular formula is C11H14N2O. The highest BCUT2D eigenvalue weighted by atomic mass is 16.3. The van der Waals surface area contributed by atoms with Crippen molar-refractivity contribution in [2.45, 2.75) is 19.9 Å². The lowest BCUT2D eigenvalue weighted by Crippen LogP contribution is -1.98. The molecule has 74 valence electrons. The maximum absolute atomic E-state index is 9.38. The van der Waals surface area contributed by atoms with E-state index in [0.29, 0.717) is 6.54 Å². The number of aromatic nitrogens is 1. The zero-order valence-corrected chi connectivity index (χ0v) is 8.17. The number of nitrogens with one attached hydrogen (secondary N) is 1. The van der Waals surface area contributed by atoms with E-state index in [1.807, 2.05) is 6.07 Å². The largest absolute Gasteiger partial charge is 0.508 e. The lowest BCUT2D eigenvalue weighted by molar-refractivity contribution is 0.476. The number of phenols is 1. The summed E-state index contributed by atoms with van der Waals surface area (Å²) in [5, 5.41) is 10.4. The second kappa shape index (κ2) is 3.35. The minimum Gasteiger partial charge on any atom is -0.508 e. The maximum Gasteiger partial charge on any atom is 0.116 e. The van der Waals surface area contributed by atoms with Crippen molar-refractivity contribution in [1.29, 1.82) is 0 Å². The molecule has 0 atom stereocenters. The third kappa shape index (κ3) is 1.26. The number of hydrogen-bond donors (Lipinski definition) is 3. The molecule has 0 radical (unpaired) electrons. The van der Waals surface area contributed by atoms with E-state index in [-0.39, 0.29) is 5.75 Å². The van der Waals surface area contributed by atoms with Gasteiger partial charge in [0.15, 0.2) is 0 Å². The average molecular weight is 190 g/mol. The molecule has 0 saturated heterocycles. The van der Waals surface area contributed by atoms with E-state index in [4.69, 9.17) is 5.73 Å².